The van der Waals surface area contributed by atoms with Crippen LogP contribution >= 0.6 is 0 Å². The normalized spacial score (nSPS) is 11.6. The van der Waals surface area contributed by atoms with Crippen molar-refractivity contribution in [2.75, 3.05) is 9.80 Å². The highest BCUT2D eigenvalue weighted by molar-refractivity contribution is 6.01. The quantitative estimate of drug-likeness (QED) is 0.128. The summed E-state index contributed by atoms with van der Waals surface area (Å²) in [5.74, 6) is 0. The first-order chi connectivity index (χ1) is 42.5. The van der Waals surface area contributed by atoms with Crippen LogP contribution in [0.2, 0.25) is 0 Å². The summed E-state index contributed by atoms with van der Waals surface area (Å²) in [6, 6.07) is 116. The Hall–Kier alpha value is -11.2. The number of aromatic nitrogens is 2. The molecule has 2 heterocycles. The van der Waals surface area contributed by atoms with Crippen molar-refractivity contribution in [1.29, 1.82) is 0 Å². The van der Waals surface area contributed by atoms with Crippen molar-refractivity contribution in [2.45, 2.75) is 13.8 Å². The number of anilines is 6. The van der Waals surface area contributed by atoms with Gasteiger partial charge in [0.15, 0.2) is 0 Å². The second-order valence-electron chi connectivity index (χ2n) is 22.6. The fraction of sp³-hybridized carbons (Fsp3) is 0.0244. The highest BCUT2D eigenvalue weighted by Crippen LogP contribution is 2.45. The molecule has 4 nitrogen and oxygen atoms in total. The Morgan fingerprint density at radius 2 is 0.500 bits per heavy atom. The van der Waals surface area contributed by atoms with Gasteiger partial charge in [0.2, 0.25) is 0 Å². The van der Waals surface area contributed by atoms with Gasteiger partial charge in [0.1, 0.15) is 0 Å². The van der Waals surface area contributed by atoms with Crippen LogP contribution in [0.1, 0.15) is 11.1 Å². The third kappa shape index (κ3) is 8.78. The van der Waals surface area contributed by atoms with Crippen molar-refractivity contribution in [3.63, 3.8) is 0 Å². The molecule has 86 heavy (non-hydrogen) atoms. The minimum Gasteiger partial charge on any atom is -0.310 e. The van der Waals surface area contributed by atoms with Crippen LogP contribution in [0.4, 0.5) is 34.1 Å². The van der Waals surface area contributed by atoms with Gasteiger partial charge in [-0.25, -0.2) is 0 Å². The Kier molecular flexibility index (Phi) is 12.3. The van der Waals surface area contributed by atoms with Gasteiger partial charge in [-0.3, -0.25) is 0 Å². The van der Waals surface area contributed by atoms with E-state index in [0.29, 0.717) is 0 Å². The molecule has 406 valence electrons. The van der Waals surface area contributed by atoms with E-state index in [1.807, 2.05) is 0 Å². The van der Waals surface area contributed by atoms with Crippen molar-refractivity contribution < 1.29 is 0 Å². The summed E-state index contributed by atoms with van der Waals surface area (Å²) < 4.78 is 4.91. The molecule has 0 spiro atoms. The molecule has 0 amide bonds. The highest BCUT2D eigenvalue weighted by atomic mass is 15.1. The van der Waals surface area contributed by atoms with Gasteiger partial charge < -0.3 is 18.9 Å². The molecule has 0 fully saturated rings. The smallest absolute Gasteiger partial charge is 0.0570 e. The van der Waals surface area contributed by atoms with Gasteiger partial charge in [-0.2, -0.15) is 0 Å². The number of rotatable bonds is 11. The fourth-order valence-electron chi connectivity index (χ4n) is 13.3. The van der Waals surface area contributed by atoms with E-state index in [9.17, 15) is 0 Å². The van der Waals surface area contributed by atoms with Crippen LogP contribution in [-0.4, -0.2) is 9.13 Å². The molecular weight excluding hydrogens is 1040 g/mol. The molecule has 4 heteroatoms. The van der Waals surface area contributed by atoms with Crippen molar-refractivity contribution in [1.82, 2.24) is 9.13 Å². The third-order valence-corrected chi connectivity index (χ3v) is 17.6. The Balaban J connectivity index is 0.790. The lowest BCUT2D eigenvalue weighted by atomic mass is 9.99. The molecule has 0 atom stereocenters. The molecule has 0 N–H and O–H groups in total. The predicted octanol–water partition coefficient (Wildman–Crippen LogP) is 22.7. The summed E-state index contributed by atoms with van der Waals surface area (Å²) >= 11 is 0. The van der Waals surface area contributed by atoms with Gasteiger partial charge in [0.25, 0.3) is 0 Å². The molecule has 0 radical (unpaired) electrons. The van der Waals surface area contributed by atoms with Crippen molar-refractivity contribution in [3.8, 4) is 45.0 Å². The summed E-state index contributed by atoms with van der Waals surface area (Å²) in [5, 5.41) is 12.2. The van der Waals surface area contributed by atoms with E-state index in [2.05, 4.69) is 348 Å². The number of nitrogens with zero attached hydrogens (tertiary/aromatic N) is 4. The predicted molar refractivity (Wildman–Crippen MR) is 365 cm³/mol. The molecule has 14 aromatic carbocycles. The summed E-state index contributed by atoms with van der Waals surface area (Å²) in [6.45, 7) is 4.57. The molecule has 0 bridgehead atoms. The van der Waals surface area contributed by atoms with Gasteiger partial charge in [-0.15, -0.1) is 0 Å². The Morgan fingerprint density at radius 1 is 0.221 bits per heavy atom. The van der Waals surface area contributed by atoms with Crippen molar-refractivity contribution in [3.05, 3.63) is 327 Å². The average molecular weight is 1100 g/mol. The molecule has 0 saturated heterocycles. The highest BCUT2D eigenvalue weighted by Gasteiger charge is 2.23. The second-order valence-corrected chi connectivity index (χ2v) is 22.6. The average Bonchev–Trinajstić information content (AvgIpc) is 1.90. The van der Waals surface area contributed by atoms with E-state index >= 15 is 0 Å². The lowest BCUT2D eigenvalue weighted by Gasteiger charge is -2.26. The first kappa shape index (κ1) is 50.5. The monoisotopic (exact) mass is 1100 g/mol. The molecule has 0 unspecified atom stereocenters. The van der Waals surface area contributed by atoms with Gasteiger partial charge in [-0.05, 0) is 212 Å². The lowest BCUT2D eigenvalue weighted by molar-refractivity contribution is 1.12. The minimum atomic E-state index is 1.09. The van der Waals surface area contributed by atoms with Gasteiger partial charge >= 0.3 is 0 Å². The number of benzene rings is 14. The molecule has 0 aliphatic rings. The van der Waals surface area contributed by atoms with E-state index in [1.165, 1.54) is 98.6 Å². The maximum Gasteiger partial charge on any atom is 0.0570 e. The number of fused-ring (bicyclic) bond motifs is 6. The standard InChI is InChI=1S/C82H58N4/c1-55-77-53-67(33-47-79(77)85(81(55)61-21-5-3-6-22-61)71-43-39-69(40-44-71)83(73-35-29-57-17-9-13-25-63(57)49-73)74-36-30-58-18-10-14-26-64(58)50-74)68-34-48-80-78(54-68)56(2)82(62-23-7-4-8-24-62)86(80)72-45-41-70(42-46-72)84(75-37-31-59-19-11-15-27-65(59)51-75)76-38-32-60-20-12-16-28-66(60)52-76/h3-54H,1-2H3. The molecular formula is C82H58N4. The molecule has 16 aromatic rings. The Morgan fingerprint density at radius 3 is 0.814 bits per heavy atom. The topological polar surface area (TPSA) is 16.3 Å². The first-order valence-corrected chi connectivity index (χ1v) is 29.6. The molecule has 2 aromatic heterocycles. The van der Waals surface area contributed by atoms with Crippen LogP contribution in [-0.2, 0) is 0 Å². The zero-order valence-corrected chi connectivity index (χ0v) is 47.8. The summed E-state index contributed by atoms with van der Waals surface area (Å²) in [4.78, 5) is 4.76. The molecule has 0 aliphatic carbocycles. The summed E-state index contributed by atoms with van der Waals surface area (Å²) in [7, 11) is 0. The van der Waals surface area contributed by atoms with Gasteiger partial charge in [0, 0.05) is 56.3 Å². The van der Waals surface area contributed by atoms with Gasteiger partial charge in [0.05, 0.1) is 22.4 Å². The van der Waals surface area contributed by atoms with Crippen molar-refractivity contribution >= 4 is 99.0 Å². The summed E-state index contributed by atoms with van der Waals surface area (Å²) in [5.41, 5.74) is 20.7. The Bertz CT molecular complexity index is 4760. The largest absolute Gasteiger partial charge is 0.310 e. The summed E-state index contributed by atoms with van der Waals surface area (Å²) in [6.07, 6.45) is 0. The zero-order chi connectivity index (χ0) is 57.2. The first-order valence-electron chi connectivity index (χ1n) is 29.6. The van der Waals surface area contributed by atoms with E-state index in [4.69, 9.17) is 0 Å². The van der Waals surface area contributed by atoms with Crippen LogP contribution in [0.5, 0.6) is 0 Å². The zero-order valence-electron chi connectivity index (χ0n) is 47.8. The molecule has 16 rings (SSSR count). The number of hydrogen-bond donors (Lipinski definition) is 0. The van der Waals surface area contributed by atoms with E-state index in [-0.39, 0.29) is 0 Å². The van der Waals surface area contributed by atoms with Crippen LogP contribution in [0.25, 0.3) is 110 Å². The van der Waals surface area contributed by atoms with Crippen LogP contribution in [0.15, 0.2) is 315 Å². The van der Waals surface area contributed by atoms with Crippen LogP contribution in [0.3, 0.4) is 0 Å². The van der Waals surface area contributed by atoms with E-state index in [0.717, 1.165) is 56.5 Å². The Labute approximate surface area is 500 Å². The lowest BCUT2D eigenvalue weighted by Crippen LogP contribution is -2.10. The third-order valence-electron chi connectivity index (χ3n) is 17.6. The minimum absolute atomic E-state index is 1.09. The van der Waals surface area contributed by atoms with Gasteiger partial charge in [-0.1, -0.05) is 194 Å². The molecule has 0 aliphatic heterocycles. The van der Waals surface area contributed by atoms with Crippen LogP contribution < -0.4 is 9.80 Å². The van der Waals surface area contributed by atoms with Crippen molar-refractivity contribution in [2.24, 2.45) is 0 Å². The van der Waals surface area contributed by atoms with E-state index in [1.54, 1.807) is 0 Å². The fourth-order valence-corrected chi connectivity index (χ4v) is 13.3. The second kappa shape index (κ2) is 20.9. The SMILES string of the molecule is Cc1c(-c2ccccc2)n(-c2ccc(N(c3ccc4ccccc4c3)c3ccc4ccccc4c3)cc2)c2ccc(-c3ccc4c(c3)c(C)c(-c3ccccc3)n4-c3ccc(N(c4ccc5ccccc5c4)c4ccc5ccccc5c4)cc3)cc12. The maximum absolute atomic E-state index is 2.46. The van der Waals surface area contributed by atoms with Crippen LogP contribution in [0, 0.1) is 13.8 Å². The van der Waals surface area contributed by atoms with E-state index < -0.39 is 0 Å². The number of aryl methyl sites for hydroxylation is 2. The molecule has 0 saturated carbocycles. The maximum atomic E-state index is 2.46. The number of hydrogen-bond acceptors (Lipinski definition) is 2.